The van der Waals surface area contributed by atoms with Gasteiger partial charge in [-0.05, 0) is 32.3 Å². The van der Waals surface area contributed by atoms with Crippen molar-refractivity contribution in [1.29, 1.82) is 0 Å². The highest BCUT2D eigenvalue weighted by atomic mass is 32.2. The zero-order valence-electron chi connectivity index (χ0n) is 14.5. The van der Waals surface area contributed by atoms with Gasteiger partial charge in [0.2, 0.25) is 0 Å². The summed E-state index contributed by atoms with van der Waals surface area (Å²) in [6.45, 7) is 4.02. The second-order valence-corrected chi connectivity index (χ2v) is 8.06. The van der Waals surface area contributed by atoms with Gasteiger partial charge < -0.3 is 5.32 Å². The fourth-order valence-corrected chi connectivity index (χ4v) is 4.80. The third-order valence-corrected chi connectivity index (χ3v) is 6.40. The van der Waals surface area contributed by atoms with Crippen LogP contribution in [0, 0.1) is 6.92 Å². The number of imide groups is 1. The first-order valence-electron chi connectivity index (χ1n) is 8.93. The Hall–Kier alpha value is -1.49. The van der Waals surface area contributed by atoms with Gasteiger partial charge in [-0.3, -0.25) is 9.69 Å². The maximum Gasteiger partial charge on any atom is 0.325 e. The van der Waals surface area contributed by atoms with Gasteiger partial charge in [-0.1, -0.05) is 67.3 Å². The van der Waals surface area contributed by atoms with Crippen LogP contribution >= 0.6 is 11.8 Å². The first-order valence-corrected chi connectivity index (χ1v) is 9.81. The fourth-order valence-electron chi connectivity index (χ4n) is 3.60. The largest absolute Gasteiger partial charge is 0.335 e. The molecule has 24 heavy (non-hydrogen) atoms. The minimum Gasteiger partial charge on any atom is -0.335 e. The molecule has 4 nitrogen and oxygen atoms in total. The van der Waals surface area contributed by atoms with E-state index in [0.717, 1.165) is 31.2 Å². The Kier molecular flexibility index (Phi) is 5.49. The molecule has 1 aliphatic heterocycles. The maximum absolute atomic E-state index is 12.7. The first kappa shape index (κ1) is 17.3. The molecule has 130 valence electrons. The van der Waals surface area contributed by atoms with Crippen LogP contribution in [-0.4, -0.2) is 28.3 Å². The summed E-state index contributed by atoms with van der Waals surface area (Å²) < 4.78 is 0. The topological polar surface area (TPSA) is 49.4 Å². The lowest BCUT2D eigenvalue weighted by atomic mass is 10.0. The van der Waals surface area contributed by atoms with Gasteiger partial charge in [-0.15, -0.1) is 0 Å². The summed E-state index contributed by atoms with van der Waals surface area (Å²) in [5, 5.41) is 2.97. The lowest BCUT2D eigenvalue weighted by molar-refractivity contribution is 0.186. The van der Waals surface area contributed by atoms with Crippen molar-refractivity contribution in [3.8, 4) is 0 Å². The van der Waals surface area contributed by atoms with E-state index in [9.17, 15) is 9.59 Å². The third-order valence-electron chi connectivity index (χ3n) is 5.08. The number of thioether (sulfide) groups is 1. The number of nitrogens with one attached hydrogen (secondary N) is 1. The highest BCUT2D eigenvalue weighted by molar-refractivity contribution is 8.14. The number of rotatable bonds is 2. The van der Waals surface area contributed by atoms with E-state index in [1.54, 1.807) is 0 Å². The smallest absolute Gasteiger partial charge is 0.325 e. The molecule has 0 spiro atoms. The van der Waals surface area contributed by atoms with Crippen molar-refractivity contribution in [1.82, 2.24) is 10.2 Å². The van der Waals surface area contributed by atoms with E-state index in [-0.39, 0.29) is 28.6 Å². The van der Waals surface area contributed by atoms with Crippen molar-refractivity contribution in [3.63, 3.8) is 0 Å². The van der Waals surface area contributed by atoms with Gasteiger partial charge in [0, 0.05) is 6.04 Å². The molecule has 1 aliphatic carbocycles. The van der Waals surface area contributed by atoms with Crippen LogP contribution in [0.2, 0.25) is 0 Å². The van der Waals surface area contributed by atoms with Crippen LogP contribution in [0.15, 0.2) is 24.3 Å². The van der Waals surface area contributed by atoms with Gasteiger partial charge in [0.05, 0.1) is 11.3 Å². The average Bonchev–Trinajstić information content (AvgIpc) is 2.73. The van der Waals surface area contributed by atoms with Crippen molar-refractivity contribution in [2.75, 3.05) is 0 Å². The van der Waals surface area contributed by atoms with E-state index in [0.29, 0.717) is 0 Å². The zero-order valence-corrected chi connectivity index (χ0v) is 15.3. The molecule has 2 aliphatic rings. The molecule has 0 unspecified atom stereocenters. The van der Waals surface area contributed by atoms with E-state index < -0.39 is 0 Å². The van der Waals surface area contributed by atoms with Crippen molar-refractivity contribution in [2.24, 2.45) is 0 Å². The van der Waals surface area contributed by atoms with Crippen LogP contribution in [0.25, 0.3) is 0 Å². The van der Waals surface area contributed by atoms with Crippen molar-refractivity contribution in [2.45, 2.75) is 69.7 Å². The minimum absolute atomic E-state index is 0.0120. The molecule has 5 heteroatoms. The molecular weight excluding hydrogens is 320 g/mol. The molecule has 1 saturated heterocycles. The molecular formula is C19H26N2O2S. The van der Waals surface area contributed by atoms with Gasteiger partial charge in [0.1, 0.15) is 0 Å². The van der Waals surface area contributed by atoms with Gasteiger partial charge in [-0.25, -0.2) is 4.79 Å². The second kappa shape index (κ2) is 7.60. The Morgan fingerprint density at radius 3 is 2.38 bits per heavy atom. The lowest BCUT2D eigenvalue weighted by Gasteiger charge is -2.25. The summed E-state index contributed by atoms with van der Waals surface area (Å²) in [5.74, 6) is 0. The number of nitrogens with zero attached hydrogens (tertiary/aromatic N) is 1. The lowest BCUT2D eigenvalue weighted by Crippen LogP contribution is -2.47. The molecule has 2 atom stereocenters. The number of carbonyl (C=O) groups excluding carboxylic acids is 2. The number of hydrogen-bond donors (Lipinski definition) is 1. The quantitative estimate of drug-likeness (QED) is 0.764. The van der Waals surface area contributed by atoms with Crippen LogP contribution in [0.5, 0.6) is 0 Å². The van der Waals surface area contributed by atoms with Gasteiger partial charge in [0.25, 0.3) is 5.24 Å². The Bertz CT molecular complexity index is 594. The molecule has 0 aromatic heterocycles. The first-order chi connectivity index (χ1) is 11.6. The maximum atomic E-state index is 12.7. The molecule has 1 aromatic carbocycles. The predicted molar refractivity (Wildman–Crippen MR) is 98.2 cm³/mol. The molecule has 3 amide bonds. The van der Waals surface area contributed by atoms with Crippen molar-refractivity contribution >= 4 is 23.0 Å². The van der Waals surface area contributed by atoms with Crippen LogP contribution in [0.3, 0.4) is 0 Å². The Labute approximate surface area is 148 Å². The summed E-state index contributed by atoms with van der Waals surface area (Å²) in [7, 11) is 0. The molecule has 0 bridgehead atoms. The van der Waals surface area contributed by atoms with E-state index in [4.69, 9.17) is 0 Å². The van der Waals surface area contributed by atoms with Gasteiger partial charge in [0.15, 0.2) is 0 Å². The highest BCUT2D eigenvalue weighted by Crippen LogP contribution is 2.43. The monoisotopic (exact) mass is 346 g/mol. The van der Waals surface area contributed by atoms with Crippen LogP contribution in [0.4, 0.5) is 9.59 Å². The SMILES string of the molecule is Cc1ccc([C@H]2SC(=O)N(C(=O)NC3CCCCCC3)[C@@H]2C)cc1. The zero-order chi connectivity index (χ0) is 17.1. The summed E-state index contributed by atoms with van der Waals surface area (Å²) >= 11 is 1.26. The number of aryl methyl sites for hydroxylation is 1. The molecule has 1 N–H and O–H groups in total. The average molecular weight is 346 g/mol. The number of amides is 3. The summed E-state index contributed by atoms with van der Waals surface area (Å²) in [6.07, 6.45) is 6.87. The van der Waals surface area contributed by atoms with Gasteiger partial charge >= 0.3 is 6.03 Å². The number of benzene rings is 1. The molecule has 1 saturated carbocycles. The van der Waals surface area contributed by atoms with E-state index in [1.165, 1.54) is 35.1 Å². The summed E-state index contributed by atoms with van der Waals surface area (Å²) in [6, 6.07) is 8.09. The van der Waals surface area contributed by atoms with E-state index in [2.05, 4.69) is 29.6 Å². The molecule has 1 aromatic rings. The molecule has 1 heterocycles. The minimum atomic E-state index is -0.221. The Balaban J connectivity index is 1.67. The number of carbonyl (C=O) groups is 2. The fraction of sp³-hybridized carbons (Fsp3) is 0.579. The summed E-state index contributed by atoms with van der Waals surface area (Å²) in [5.41, 5.74) is 2.31. The number of hydrogen-bond acceptors (Lipinski definition) is 3. The molecule has 3 rings (SSSR count). The van der Waals surface area contributed by atoms with Crippen LogP contribution < -0.4 is 5.32 Å². The van der Waals surface area contributed by atoms with Crippen molar-refractivity contribution < 1.29 is 9.59 Å². The second-order valence-electron chi connectivity index (χ2n) is 6.96. The standard InChI is InChI=1S/C19H26N2O2S/c1-13-9-11-15(12-10-13)17-14(2)21(19(23)24-17)18(22)20-16-7-5-3-4-6-8-16/h9-12,14,16-17H,3-8H2,1-2H3,(H,20,22)/t14-,17+/m1/s1. The number of urea groups is 1. The Morgan fingerprint density at radius 1 is 1.12 bits per heavy atom. The van der Waals surface area contributed by atoms with Crippen LogP contribution in [0.1, 0.15) is 61.8 Å². The predicted octanol–water partition coefficient (Wildman–Crippen LogP) is 5.03. The highest BCUT2D eigenvalue weighted by Gasteiger charge is 2.42. The molecule has 0 radical (unpaired) electrons. The van der Waals surface area contributed by atoms with E-state index >= 15 is 0 Å². The normalized spacial score (nSPS) is 25.6. The summed E-state index contributed by atoms with van der Waals surface area (Å²) in [4.78, 5) is 26.5. The Morgan fingerprint density at radius 2 is 1.75 bits per heavy atom. The third kappa shape index (κ3) is 3.77. The van der Waals surface area contributed by atoms with Gasteiger partial charge in [-0.2, -0.15) is 0 Å². The van der Waals surface area contributed by atoms with Crippen LogP contribution in [-0.2, 0) is 0 Å². The van der Waals surface area contributed by atoms with E-state index in [1.807, 2.05) is 13.8 Å². The molecule has 2 fully saturated rings. The van der Waals surface area contributed by atoms with Crippen molar-refractivity contribution in [3.05, 3.63) is 35.4 Å².